The zero-order chi connectivity index (χ0) is 13.8. The number of halogens is 2. The van der Waals surface area contributed by atoms with E-state index in [0.29, 0.717) is 12.0 Å². The average molecular weight is 341 g/mol. The molecule has 0 aliphatic carbocycles. The van der Waals surface area contributed by atoms with Crippen LogP contribution in [0.1, 0.15) is 16.5 Å². The zero-order valence-electron chi connectivity index (χ0n) is 9.92. The van der Waals surface area contributed by atoms with E-state index in [4.69, 9.17) is 11.6 Å². The summed E-state index contributed by atoms with van der Waals surface area (Å²) >= 11 is 9.73. The second-order valence-corrected chi connectivity index (χ2v) is 5.55. The molecule has 0 saturated heterocycles. The molecular formula is C14H11BrClNO2. The molecule has 98 valence electrons. The highest BCUT2D eigenvalue weighted by molar-refractivity contribution is 9.10. The van der Waals surface area contributed by atoms with Gasteiger partial charge in [0.05, 0.1) is 10.3 Å². The van der Waals surface area contributed by atoms with Crippen molar-refractivity contribution in [3.05, 3.63) is 74.2 Å². The van der Waals surface area contributed by atoms with Crippen LogP contribution in [0.15, 0.2) is 53.0 Å². The molecule has 1 atom stereocenters. The Morgan fingerprint density at radius 2 is 1.95 bits per heavy atom. The van der Waals surface area contributed by atoms with Gasteiger partial charge < -0.3 is 0 Å². The third-order valence-corrected chi connectivity index (χ3v) is 3.70. The van der Waals surface area contributed by atoms with Crippen molar-refractivity contribution in [2.45, 2.75) is 11.8 Å². The number of hydrogen-bond donors (Lipinski definition) is 0. The molecular weight excluding hydrogens is 330 g/mol. The first-order valence-electron chi connectivity index (χ1n) is 5.70. The summed E-state index contributed by atoms with van der Waals surface area (Å²) in [7, 11) is 0. The zero-order valence-corrected chi connectivity index (χ0v) is 12.3. The van der Waals surface area contributed by atoms with Crippen LogP contribution in [-0.4, -0.2) is 4.92 Å². The molecule has 1 unspecified atom stereocenters. The summed E-state index contributed by atoms with van der Waals surface area (Å²) < 4.78 is 0.943. The number of alkyl halides is 1. The number of rotatable bonds is 4. The normalized spacial score (nSPS) is 12.1. The highest BCUT2D eigenvalue weighted by atomic mass is 79.9. The first kappa shape index (κ1) is 14.0. The van der Waals surface area contributed by atoms with Crippen LogP contribution >= 0.6 is 27.5 Å². The molecule has 0 aliphatic rings. The lowest BCUT2D eigenvalue weighted by atomic mass is 10.0. The molecule has 0 N–H and O–H groups in total. The monoisotopic (exact) mass is 339 g/mol. The number of hydrogen-bond acceptors (Lipinski definition) is 2. The minimum atomic E-state index is -0.375. The molecule has 0 heterocycles. The van der Waals surface area contributed by atoms with E-state index in [0.717, 1.165) is 10.0 Å². The maximum absolute atomic E-state index is 10.9. The molecule has 2 aromatic rings. The van der Waals surface area contributed by atoms with Crippen LogP contribution in [0.4, 0.5) is 5.69 Å². The minimum absolute atomic E-state index is 0.114. The minimum Gasteiger partial charge on any atom is -0.258 e. The fourth-order valence-corrected chi connectivity index (χ4v) is 2.59. The van der Waals surface area contributed by atoms with Gasteiger partial charge in [-0.15, -0.1) is 11.6 Å². The highest BCUT2D eigenvalue weighted by Gasteiger charge is 2.17. The molecule has 0 aliphatic heterocycles. The van der Waals surface area contributed by atoms with Crippen LogP contribution in [0, 0.1) is 10.1 Å². The number of nitro benzene ring substituents is 1. The fraction of sp³-hybridized carbons (Fsp3) is 0.143. The van der Waals surface area contributed by atoms with Crippen molar-refractivity contribution in [3.63, 3.8) is 0 Å². The first-order valence-corrected chi connectivity index (χ1v) is 6.92. The van der Waals surface area contributed by atoms with E-state index < -0.39 is 0 Å². The Morgan fingerprint density at radius 1 is 1.21 bits per heavy atom. The van der Waals surface area contributed by atoms with E-state index in [1.165, 1.54) is 6.07 Å². The molecule has 5 heteroatoms. The molecule has 0 saturated carbocycles. The Hall–Kier alpha value is -1.39. The van der Waals surface area contributed by atoms with Gasteiger partial charge >= 0.3 is 0 Å². The van der Waals surface area contributed by atoms with E-state index in [9.17, 15) is 10.1 Å². The van der Waals surface area contributed by atoms with Crippen LogP contribution in [-0.2, 0) is 6.42 Å². The smallest absolute Gasteiger partial charge is 0.258 e. The number of benzene rings is 2. The quantitative estimate of drug-likeness (QED) is 0.452. The van der Waals surface area contributed by atoms with Gasteiger partial charge in [-0.3, -0.25) is 10.1 Å². The molecule has 2 aromatic carbocycles. The Labute approximate surface area is 124 Å². The summed E-state index contributed by atoms with van der Waals surface area (Å²) in [6, 6.07) is 14.3. The van der Waals surface area contributed by atoms with Gasteiger partial charge in [0, 0.05) is 16.1 Å². The first-order chi connectivity index (χ1) is 9.08. The van der Waals surface area contributed by atoms with Gasteiger partial charge in [0.2, 0.25) is 0 Å². The van der Waals surface area contributed by atoms with Gasteiger partial charge in [0.25, 0.3) is 5.69 Å². The Balaban J connectivity index is 2.24. The number of nitro groups is 1. The Morgan fingerprint density at radius 3 is 2.63 bits per heavy atom. The van der Waals surface area contributed by atoms with Gasteiger partial charge in [-0.1, -0.05) is 46.3 Å². The predicted octanol–water partition coefficient (Wildman–Crippen LogP) is 4.88. The Kier molecular flexibility index (Phi) is 4.56. The second kappa shape index (κ2) is 6.17. The SMILES string of the molecule is O=[N+]([O-])c1ccccc1CC(Cl)c1cccc(Br)c1. The van der Waals surface area contributed by atoms with Crippen LogP contribution in [0.5, 0.6) is 0 Å². The van der Waals surface area contributed by atoms with Crippen LogP contribution in [0.25, 0.3) is 0 Å². The van der Waals surface area contributed by atoms with Crippen molar-refractivity contribution < 1.29 is 4.92 Å². The summed E-state index contributed by atoms with van der Waals surface area (Å²) in [6.07, 6.45) is 0.426. The van der Waals surface area contributed by atoms with Gasteiger partial charge in [-0.2, -0.15) is 0 Å². The third-order valence-electron chi connectivity index (χ3n) is 2.80. The predicted molar refractivity (Wildman–Crippen MR) is 79.5 cm³/mol. The molecule has 0 bridgehead atoms. The maximum Gasteiger partial charge on any atom is 0.272 e. The molecule has 2 rings (SSSR count). The molecule has 0 aromatic heterocycles. The summed E-state index contributed by atoms with van der Waals surface area (Å²) in [4.78, 5) is 10.6. The highest BCUT2D eigenvalue weighted by Crippen LogP contribution is 2.30. The van der Waals surface area contributed by atoms with Crippen LogP contribution in [0.2, 0.25) is 0 Å². The number of nitrogens with zero attached hydrogens (tertiary/aromatic N) is 1. The van der Waals surface area contributed by atoms with Crippen LogP contribution < -0.4 is 0 Å². The van der Waals surface area contributed by atoms with Crippen LogP contribution in [0.3, 0.4) is 0 Å². The molecule has 19 heavy (non-hydrogen) atoms. The van der Waals surface area contributed by atoms with E-state index in [-0.39, 0.29) is 16.0 Å². The van der Waals surface area contributed by atoms with Crippen molar-refractivity contribution >= 4 is 33.2 Å². The summed E-state index contributed by atoms with van der Waals surface area (Å²) in [5, 5.41) is 10.7. The standard InChI is InChI=1S/C14H11BrClNO2/c15-12-6-3-5-10(8-12)13(16)9-11-4-1-2-7-14(11)17(18)19/h1-8,13H,9H2. The van der Waals surface area contributed by atoms with E-state index in [1.807, 2.05) is 24.3 Å². The molecule has 0 fully saturated rings. The molecule has 0 spiro atoms. The van der Waals surface area contributed by atoms with Gasteiger partial charge in [0.1, 0.15) is 0 Å². The number of para-hydroxylation sites is 1. The van der Waals surface area contributed by atoms with Gasteiger partial charge in [-0.05, 0) is 24.1 Å². The summed E-state index contributed by atoms with van der Waals surface area (Å²) in [6.45, 7) is 0. The van der Waals surface area contributed by atoms with Crippen molar-refractivity contribution in [1.82, 2.24) is 0 Å². The van der Waals surface area contributed by atoms with Gasteiger partial charge in [-0.25, -0.2) is 0 Å². The topological polar surface area (TPSA) is 43.1 Å². The average Bonchev–Trinajstić information content (AvgIpc) is 2.39. The van der Waals surface area contributed by atoms with Crippen molar-refractivity contribution in [2.75, 3.05) is 0 Å². The lowest BCUT2D eigenvalue weighted by Crippen LogP contribution is -2.00. The molecule has 0 amide bonds. The molecule has 3 nitrogen and oxygen atoms in total. The largest absolute Gasteiger partial charge is 0.272 e. The summed E-state index contributed by atoms with van der Waals surface area (Å²) in [5.74, 6) is 0. The molecule has 0 radical (unpaired) electrons. The Bertz CT molecular complexity index is 604. The second-order valence-electron chi connectivity index (χ2n) is 4.11. The van der Waals surface area contributed by atoms with Gasteiger partial charge in [0.15, 0.2) is 0 Å². The van der Waals surface area contributed by atoms with Crippen molar-refractivity contribution in [2.24, 2.45) is 0 Å². The lowest BCUT2D eigenvalue weighted by Gasteiger charge is -2.10. The third kappa shape index (κ3) is 3.55. The van der Waals surface area contributed by atoms with Crippen molar-refractivity contribution in [1.29, 1.82) is 0 Å². The summed E-state index contributed by atoms with van der Waals surface area (Å²) in [5.41, 5.74) is 1.70. The van der Waals surface area contributed by atoms with E-state index >= 15 is 0 Å². The fourth-order valence-electron chi connectivity index (χ4n) is 1.87. The van der Waals surface area contributed by atoms with E-state index in [2.05, 4.69) is 15.9 Å². The van der Waals surface area contributed by atoms with E-state index in [1.54, 1.807) is 18.2 Å². The van der Waals surface area contributed by atoms with Crippen molar-refractivity contribution in [3.8, 4) is 0 Å². The maximum atomic E-state index is 10.9. The lowest BCUT2D eigenvalue weighted by molar-refractivity contribution is -0.385.